The minimum atomic E-state index is -1.11. The van der Waals surface area contributed by atoms with E-state index in [4.69, 9.17) is 10.5 Å². The zero-order chi connectivity index (χ0) is 28.9. The molecule has 1 aliphatic rings. The smallest absolute Gasteiger partial charge is 0.408 e. The number of nitrogens with one attached hydrogen (secondary N) is 2. The van der Waals surface area contributed by atoms with Crippen LogP contribution in [0.3, 0.4) is 0 Å². The second kappa shape index (κ2) is 12.3. The Hall–Kier alpha value is -3.88. The van der Waals surface area contributed by atoms with Crippen LogP contribution in [0.4, 0.5) is 10.5 Å². The molecular weight excluding hydrogens is 496 g/mol. The maximum absolute atomic E-state index is 14.2. The molecule has 2 aromatic rings. The number of aryl methyl sites for hydroxylation is 3. The number of hydrogen-bond donors (Lipinski definition) is 3. The number of primary amides is 1. The third-order valence-electron chi connectivity index (χ3n) is 6.61. The number of carbonyl (C=O) groups excluding carboxylic acids is 4. The lowest BCUT2D eigenvalue weighted by atomic mass is 9.93. The van der Waals surface area contributed by atoms with Crippen LogP contribution in [0.2, 0.25) is 0 Å². The van der Waals surface area contributed by atoms with Crippen molar-refractivity contribution in [2.45, 2.75) is 91.0 Å². The van der Waals surface area contributed by atoms with Crippen molar-refractivity contribution in [2.75, 3.05) is 5.32 Å². The first-order valence-electron chi connectivity index (χ1n) is 13.3. The highest BCUT2D eigenvalue weighted by Crippen LogP contribution is 2.38. The Balaban J connectivity index is 2.05. The van der Waals surface area contributed by atoms with E-state index in [1.54, 1.807) is 25.7 Å². The minimum absolute atomic E-state index is 0.0183. The summed E-state index contributed by atoms with van der Waals surface area (Å²) in [7, 11) is 0. The highest BCUT2D eigenvalue weighted by atomic mass is 16.6. The first-order valence-corrected chi connectivity index (χ1v) is 13.3. The Bertz CT molecular complexity index is 1210. The van der Waals surface area contributed by atoms with Crippen molar-refractivity contribution in [1.82, 2.24) is 10.2 Å². The number of para-hydroxylation sites is 1. The van der Waals surface area contributed by atoms with Crippen LogP contribution in [0.15, 0.2) is 42.5 Å². The van der Waals surface area contributed by atoms with Gasteiger partial charge in [0.1, 0.15) is 17.7 Å². The van der Waals surface area contributed by atoms with Gasteiger partial charge in [0.05, 0.1) is 0 Å². The molecule has 4 N–H and O–H groups in total. The van der Waals surface area contributed by atoms with Crippen LogP contribution < -0.4 is 16.4 Å². The number of anilines is 1. The molecule has 2 unspecified atom stereocenters. The number of nitrogens with zero attached hydrogens (tertiary/aromatic N) is 1. The largest absolute Gasteiger partial charge is 0.444 e. The minimum Gasteiger partial charge on any atom is -0.444 e. The number of alkyl carbamates (subject to hydrolysis) is 1. The Labute approximate surface area is 230 Å². The normalized spacial score (nSPS) is 14.6. The molecule has 0 heterocycles. The molecule has 210 valence electrons. The predicted molar refractivity (Wildman–Crippen MR) is 150 cm³/mol. The van der Waals surface area contributed by atoms with Gasteiger partial charge in [0.25, 0.3) is 5.91 Å². The summed E-state index contributed by atoms with van der Waals surface area (Å²) in [6.45, 7) is 10.9. The van der Waals surface area contributed by atoms with Crippen molar-refractivity contribution in [3.8, 4) is 0 Å². The molecule has 1 saturated carbocycles. The third kappa shape index (κ3) is 8.05. The Morgan fingerprint density at radius 1 is 0.974 bits per heavy atom. The van der Waals surface area contributed by atoms with Gasteiger partial charge in [-0.25, -0.2) is 4.79 Å². The fourth-order valence-electron chi connectivity index (χ4n) is 4.61. The number of ether oxygens (including phenoxy) is 1. The van der Waals surface area contributed by atoms with Gasteiger partial charge >= 0.3 is 6.09 Å². The second-order valence-corrected chi connectivity index (χ2v) is 11.2. The van der Waals surface area contributed by atoms with Crippen LogP contribution in [0.5, 0.6) is 0 Å². The summed E-state index contributed by atoms with van der Waals surface area (Å²) in [5, 5.41) is 5.66. The fourth-order valence-corrected chi connectivity index (χ4v) is 4.61. The lowest BCUT2D eigenvalue weighted by Gasteiger charge is -2.36. The monoisotopic (exact) mass is 536 g/mol. The molecule has 3 rings (SSSR count). The van der Waals surface area contributed by atoms with Crippen molar-refractivity contribution in [3.05, 3.63) is 64.7 Å². The number of rotatable bonds is 10. The number of nitrogens with two attached hydrogens (primary N) is 1. The maximum atomic E-state index is 14.2. The number of carbonyl (C=O) groups is 4. The topological polar surface area (TPSA) is 131 Å². The molecule has 0 saturated heterocycles. The zero-order valence-electron chi connectivity index (χ0n) is 23.7. The van der Waals surface area contributed by atoms with E-state index in [9.17, 15) is 19.2 Å². The van der Waals surface area contributed by atoms with E-state index in [1.165, 1.54) is 0 Å². The molecule has 0 spiro atoms. The molecule has 39 heavy (non-hydrogen) atoms. The van der Waals surface area contributed by atoms with Crippen LogP contribution in [0.1, 0.15) is 74.8 Å². The summed E-state index contributed by atoms with van der Waals surface area (Å²) in [5.41, 5.74) is 8.61. The average molecular weight is 537 g/mol. The molecule has 0 aromatic heterocycles. The molecule has 2 atom stereocenters. The van der Waals surface area contributed by atoms with Crippen molar-refractivity contribution < 1.29 is 23.9 Å². The number of hydrogen-bond acceptors (Lipinski definition) is 5. The second-order valence-electron chi connectivity index (χ2n) is 11.2. The molecule has 1 aliphatic carbocycles. The summed E-state index contributed by atoms with van der Waals surface area (Å²) >= 11 is 0. The Kier molecular flexibility index (Phi) is 9.37. The quantitative estimate of drug-likeness (QED) is 0.413. The van der Waals surface area contributed by atoms with Gasteiger partial charge < -0.3 is 26.0 Å². The lowest BCUT2D eigenvalue weighted by Crippen LogP contribution is -2.53. The Morgan fingerprint density at radius 2 is 1.56 bits per heavy atom. The van der Waals surface area contributed by atoms with E-state index < -0.39 is 35.6 Å². The van der Waals surface area contributed by atoms with Crippen LogP contribution >= 0.6 is 0 Å². The first-order chi connectivity index (χ1) is 18.3. The summed E-state index contributed by atoms with van der Waals surface area (Å²) in [4.78, 5) is 54.2. The number of benzene rings is 2. The third-order valence-corrected chi connectivity index (χ3v) is 6.61. The molecule has 0 bridgehead atoms. The van der Waals surface area contributed by atoms with Gasteiger partial charge in [-0.3, -0.25) is 14.4 Å². The average Bonchev–Trinajstić information content (AvgIpc) is 3.66. The molecule has 4 amide bonds. The molecule has 9 nitrogen and oxygen atoms in total. The lowest BCUT2D eigenvalue weighted by molar-refractivity contribution is -0.141. The highest BCUT2D eigenvalue weighted by Gasteiger charge is 2.45. The van der Waals surface area contributed by atoms with Gasteiger partial charge in [0, 0.05) is 18.2 Å². The first kappa shape index (κ1) is 29.7. The van der Waals surface area contributed by atoms with Gasteiger partial charge in [-0.05, 0) is 89.1 Å². The van der Waals surface area contributed by atoms with Crippen LogP contribution in [0, 0.1) is 20.8 Å². The summed E-state index contributed by atoms with van der Waals surface area (Å²) in [6, 6.07) is 10.9. The highest BCUT2D eigenvalue weighted by molar-refractivity contribution is 6.00. The van der Waals surface area contributed by atoms with Gasteiger partial charge in [-0.2, -0.15) is 0 Å². The van der Waals surface area contributed by atoms with E-state index in [0.717, 1.165) is 35.1 Å². The molecule has 0 radical (unpaired) electrons. The van der Waals surface area contributed by atoms with E-state index in [0.29, 0.717) is 5.69 Å². The van der Waals surface area contributed by atoms with Gasteiger partial charge in [0.2, 0.25) is 11.8 Å². The van der Waals surface area contributed by atoms with Crippen molar-refractivity contribution >= 4 is 29.5 Å². The van der Waals surface area contributed by atoms with E-state index >= 15 is 0 Å². The van der Waals surface area contributed by atoms with Gasteiger partial charge in [0.15, 0.2) is 0 Å². The van der Waals surface area contributed by atoms with Crippen molar-refractivity contribution in [2.24, 2.45) is 5.73 Å². The van der Waals surface area contributed by atoms with Gasteiger partial charge in [-0.1, -0.05) is 36.4 Å². The number of amides is 4. The summed E-state index contributed by atoms with van der Waals surface area (Å²) in [6.07, 6.45) is 0.526. The summed E-state index contributed by atoms with van der Waals surface area (Å²) in [5.74, 6) is -1.41. The molecule has 9 heteroatoms. The van der Waals surface area contributed by atoms with Crippen LogP contribution in [-0.2, 0) is 19.1 Å². The predicted octanol–water partition coefficient (Wildman–Crippen LogP) is 4.44. The van der Waals surface area contributed by atoms with Crippen molar-refractivity contribution in [1.29, 1.82) is 0 Å². The zero-order valence-corrected chi connectivity index (χ0v) is 23.7. The van der Waals surface area contributed by atoms with Crippen molar-refractivity contribution in [3.63, 3.8) is 0 Å². The molecule has 1 fully saturated rings. The maximum Gasteiger partial charge on any atom is 0.408 e. The van der Waals surface area contributed by atoms with E-state index in [2.05, 4.69) is 10.6 Å². The van der Waals surface area contributed by atoms with E-state index in [-0.39, 0.29) is 24.8 Å². The summed E-state index contributed by atoms with van der Waals surface area (Å²) < 4.78 is 5.39. The van der Waals surface area contributed by atoms with Crippen LogP contribution in [-0.4, -0.2) is 46.4 Å². The standard InChI is InChI=1S/C30H40N4O5/c1-18-10-7-8-13-22(18)32-27(36)26(25-19(2)11-9-12-20(25)3)34(21-14-15-21)28(37)23(16-17-24(31)35)33-29(38)39-30(4,5)6/h7-13,21,23,26H,14-17H2,1-6H3,(H2,31,35)(H,32,36)(H,33,38). The van der Waals surface area contributed by atoms with E-state index in [1.807, 2.05) is 63.2 Å². The molecule has 0 aliphatic heterocycles. The van der Waals surface area contributed by atoms with Crippen LogP contribution in [0.25, 0.3) is 0 Å². The van der Waals surface area contributed by atoms with Gasteiger partial charge in [-0.15, -0.1) is 0 Å². The fraction of sp³-hybridized carbons (Fsp3) is 0.467. The molecule has 2 aromatic carbocycles. The molecular formula is C30H40N4O5. The Morgan fingerprint density at radius 3 is 2.10 bits per heavy atom. The SMILES string of the molecule is Cc1ccccc1NC(=O)C(c1c(C)cccc1C)N(C(=O)C(CCC(N)=O)NC(=O)OC(C)(C)C)C1CC1.